The fourth-order valence-electron chi connectivity index (χ4n) is 3.41. The van der Waals surface area contributed by atoms with Crippen LogP contribution in [0.5, 0.6) is 0 Å². The second kappa shape index (κ2) is 10.8. The van der Waals surface area contributed by atoms with Crippen molar-refractivity contribution in [3.63, 3.8) is 0 Å². The van der Waals surface area contributed by atoms with Crippen LogP contribution in [0.1, 0.15) is 30.5 Å². The van der Waals surface area contributed by atoms with Crippen molar-refractivity contribution in [1.29, 1.82) is 0 Å². The van der Waals surface area contributed by atoms with Crippen LogP contribution in [0.3, 0.4) is 0 Å². The third kappa shape index (κ3) is 6.83. The molecule has 8 nitrogen and oxygen atoms in total. The third-order valence-corrected chi connectivity index (χ3v) is 4.89. The molecule has 170 valence electrons. The highest BCUT2D eigenvalue weighted by Crippen LogP contribution is 2.27. The highest BCUT2D eigenvalue weighted by Gasteiger charge is 2.19. The molecule has 0 saturated heterocycles. The predicted octanol–water partition coefficient (Wildman–Crippen LogP) is 4.22. The van der Waals surface area contributed by atoms with Gasteiger partial charge in [-0.2, -0.15) is 0 Å². The van der Waals surface area contributed by atoms with Crippen LogP contribution >= 0.6 is 0 Å². The summed E-state index contributed by atoms with van der Waals surface area (Å²) in [5.74, 6) is -1.21. The van der Waals surface area contributed by atoms with Crippen LogP contribution in [0.2, 0.25) is 0 Å². The maximum Gasteiger partial charge on any atom is 0.323 e. The summed E-state index contributed by atoms with van der Waals surface area (Å²) < 4.78 is 0. The molecule has 3 amide bonds. The fourth-order valence-corrected chi connectivity index (χ4v) is 3.41. The maximum absolute atomic E-state index is 12.5. The minimum absolute atomic E-state index is 0.185. The van der Waals surface area contributed by atoms with E-state index in [2.05, 4.69) is 21.3 Å². The average Bonchev–Trinajstić information content (AvgIpc) is 2.98. The number of allylic oxidation sites excluding steroid dienone is 2. The lowest BCUT2D eigenvalue weighted by atomic mass is 9.96. The predicted molar refractivity (Wildman–Crippen MR) is 128 cm³/mol. The molecule has 3 rings (SSSR count). The van der Waals surface area contributed by atoms with E-state index in [-0.39, 0.29) is 18.4 Å². The van der Waals surface area contributed by atoms with Gasteiger partial charge in [-0.15, -0.1) is 0 Å². The van der Waals surface area contributed by atoms with Crippen LogP contribution in [0.4, 0.5) is 16.2 Å². The molecule has 0 saturated carbocycles. The number of hydrogen-bond donors (Lipinski definition) is 5. The molecule has 2 aromatic carbocycles. The molecule has 33 heavy (non-hydrogen) atoms. The number of hydrogen-bond acceptors (Lipinski definition) is 4. The first kappa shape index (κ1) is 23.3. The SMILES string of the molecule is CC(=O)NC(C1=CC=CNC(CC(=O)O)=C1)c1cccc(NC(=O)Nc2ccccc2C)c1. The van der Waals surface area contributed by atoms with E-state index in [1.807, 2.05) is 37.3 Å². The van der Waals surface area contributed by atoms with Gasteiger partial charge in [-0.25, -0.2) is 4.79 Å². The minimum Gasteiger partial charge on any atom is -0.481 e. The van der Waals surface area contributed by atoms with Crippen LogP contribution < -0.4 is 21.3 Å². The topological polar surface area (TPSA) is 120 Å². The summed E-state index contributed by atoms with van der Waals surface area (Å²) in [4.78, 5) is 35.6. The number of urea groups is 1. The number of carboxylic acid groups (broad SMARTS) is 1. The summed E-state index contributed by atoms with van der Waals surface area (Å²) in [7, 11) is 0. The van der Waals surface area contributed by atoms with Crippen LogP contribution in [-0.2, 0) is 9.59 Å². The molecule has 0 aromatic heterocycles. The molecular formula is C25H26N4O4. The molecule has 1 heterocycles. The molecule has 2 aromatic rings. The number of amides is 3. The number of benzene rings is 2. The average molecular weight is 447 g/mol. The molecule has 8 heteroatoms. The van der Waals surface area contributed by atoms with E-state index in [0.717, 1.165) is 11.1 Å². The van der Waals surface area contributed by atoms with Crippen LogP contribution in [0.15, 0.2) is 84.2 Å². The van der Waals surface area contributed by atoms with Crippen molar-refractivity contribution in [2.45, 2.75) is 26.3 Å². The Morgan fingerprint density at radius 2 is 1.85 bits per heavy atom. The molecule has 1 aliphatic rings. The Hall–Kier alpha value is -4.33. The van der Waals surface area contributed by atoms with Crippen molar-refractivity contribution in [3.8, 4) is 0 Å². The summed E-state index contributed by atoms with van der Waals surface area (Å²) in [5.41, 5.74) is 4.12. The van der Waals surface area contributed by atoms with Crippen LogP contribution in [0.25, 0.3) is 0 Å². The number of aliphatic carboxylic acids is 1. The Morgan fingerprint density at radius 3 is 2.58 bits per heavy atom. The van der Waals surface area contributed by atoms with E-state index in [1.165, 1.54) is 6.92 Å². The third-order valence-electron chi connectivity index (χ3n) is 4.89. The van der Waals surface area contributed by atoms with Crippen molar-refractivity contribution in [1.82, 2.24) is 10.6 Å². The molecule has 1 aliphatic heterocycles. The van der Waals surface area contributed by atoms with E-state index < -0.39 is 12.0 Å². The number of aryl methyl sites for hydroxylation is 1. The largest absolute Gasteiger partial charge is 0.481 e. The second-order valence-electron chi connectivity index (χ2n) is 7.56. The highest BCUT2D eigenvalue weighted by molar-refractivity contribution is 6.00. The van der Waals surface area contributed by atoms with Crippen molar-refractivity contribution in [2.24, 2.45) is 0 Å². The molecule has 5 N–H and O–H groups in total. The standard InChI is InChI=1S/C25H26N4O4/c1-16-7-3-4-11-22(16)29-25(33)28-20-10-5-8-18(13-20)24(27-17(2)30)19-9-6-12-26-21(14-19)15-23(31)32/h3-14,24,26H,15H2,1-2H3,(H,27,30)(H,31,32)(H2,28,29,33). The summed E-state index contributed by atoms with van der Waals surface area (Å²) in [6.45, 7) is 3.32. The Kier molecular flexibility index (Phi) is 7.64. The van der Waals surface area contributed by atoms with Gasteiger partial charge in [0.15, 0.2) is 0 Å². The number of para-hydroxylation sites is 1. The summed E-state index contributed by atoms with van der Waals surface area (Å²) in [6.07, 6.45) is 6.70. The molecule has 0 spiro atoms. The zero-order valence-corrected chi connectivity index (χ0v) is 18.4. The van der Waals surface area contributed by atoms with Crippen LogP contribution in [0, 0.1) is 6.92 Å². The molecular weight excluding hydrogens is 420 g/mol. The van der Waals surface area contributed by atoms with Gasteiger partial charge >= 0.3 is 12.0 Å². The summed E-state index contributed by atoms with van der Waals surface area (Å²) >= 11 is 0. The van der Waals surface area contributed by atoms with Crippen LogP contribution in [-0.4, -0.2) is 23.0 Å². The normalized spacial score (nSPS) is 13.5. The van der Waals surface area contributed by atoms with Gasteiger partial charge < -0.3 is 26.4 Å². The zero-order valence-electron chi connectivity index (χ0n) is 18.4. The van der Waals surface area contributed by atoms with Gasteiger partial charge in [0.2, 0.25) is 5.91 Å². The number of carbonyl (C=O) groups is 3. The smallest absolute Gasteiger partial charge is 0.323 e. The van der Waals surface area contributed by atoms with Gasteiger partial charge in [0, 0.05) is 30.2 Å². The zero-order chi connectivity index (χ0) is 23.8. The van der Waals surface area contributed by atoms with Crippen molar-refractivity contribution in [2.75, 3.05) is 10.6 Å². The number of carboxylic acids is 1. The second-order valence-corrected chi connectivity index (χ2v) is 7.56. The first-order chi connectivity index (χ1) is 15.8. The van der Waals surface area contributed by atoms with E-state index >= 15 is 0 Å². The van der Waals surface area contributed by atoms with Crippen molar-refractivity contribution in [3.05, 3.63) is 95.4 Å². The maximum atomic E-state index is 12.5. The van der Waals surface area contributed by atoms with Crippen molar-refractivity contribution < 1.29 is 19.5 Å². The van der Waals surface area contributed by atoms with E-state index in [1.54, 1.807) is 42.6 Å². The van der Waals surface area contributed by atoms with E-state index in [4.69, 9.17) is 5.11 Å². The van der Waals surface area contributed by atoms with Gasteiger partial charge in [0.05, 0.1) is 12.5 Å². The Labute approximate surface area is 192 Å². The molecule has 0 radical (unpaired) electrons. The molecule has 1 atom stereocenters. The Bertz CT molecular complexity index is 1150. The van der Waals surface area contributed by atoms with Crippen molar-refractivity contribution >= 4 is 29.3 Å². The molecule has 0 aliphatic carbocycles. The quantitative estimate of drug-likeness (QED) is 0.436. The van der Waals surface area contributed by atoms with Gasteiger partial charge in [0.25, 0.3) is 0 Å². The fraction of sp³-hybridized carbons (Fsp3) is 0.160. The molecule has 0 bridgehead atoms. The Balaban J connectivity index is 1.85. The van der Waals surface area contributed by atoms with E-state index in [9.17, 15) is 14.4 Å². The number of rotatable bonds is 7. The minimum atomic E-state index is -0.967. The van der Waals surface area contributed by atoms with E-state index in [0.29, 0.717) is 22.6 Å². The van der Waals surface area contributed by atoms with Gasteiger partial charge in [-0.1, -0.05) is 36.4 Å². The highest BCUT2D eigenvalue weighted by atomic mass is 16.4. The Morgan fingerprint density at radius 1 is 1.06 bits per heavy atom. The lowest BCUT2D eigenvalue weighted by Gasteiger charge is -2.21. The number of nitrogens with one attached hydrogen (secondary N) is 4. The molecule has 0 fully saturated rings. The first-order valence-electron chi connectivity index (χ1n) is 10.4. The van der Waals surface area contributed by atoms with Gasteiger partial charge in [-0.05, 0) is 54.0 Å². The number of carbonyl (C=O) groups excluding carboxylic acids is 2. The first-order valence-corrected chi connectivity index (χ1v) is 10.4. The van der Waals surface area contributed by atoms with Gasteiger partial charge in [0.1, 0.15) is 0 Å². The monoisotopic (exact) mass is 446 g/mol. The number of anilines is 2. The van der Waals surface area contributed by atoms with Gasteiger partial charge in [-0.3, -0.25) is 9.59 Å². The lowest BCUT2D eigenvalue weighted by molar-refractivity contribution is -0.136. The summed E-state index contributed by atoms with van der Waals surface area (Å²) in [6, 6.07) is 13.7. The lowest BCUT2D eigenvalue weighted by Crippen LogP contribution is -2.27. The summed E-state index contributed by atoms with van der Waals surface area (Å²) in [5, 5.41) is 20.6. The molecule has 1 unspecified atom stereocenters.